The number of ether oxygens (including phenoxy) is 1. The lowest BCUT2D eigenvalue weighted by Gasteiger charge is -2.17. The van der Waals surface area contributed by atoms with E-state index in [9.17, 15) is 0 Å². The molecule has 0 fully saturated rings. The van der Waals surface area contributed by atoms with Crippen LogP contribution < -0.4 is 0 Å². The number of terminal acetylenes is 1. The van der Waals surface area contributed by atoms with Crippen LogP contribution in [0.1, 0.15) is 19.5 Å². The highest BCUT2D eigenvalue weighted by Gasteiger charge is 2.14. The van der Waals surface area contributed by atoms with E-state index in [-0.39, 0.29) is 0 Å². The maximum absolute atomic E-state index is 5.79. The van der Waals surface area contributed by atoms with Gasteiger partial charge in [0.25, 0.3) is 0 Å². The molecule has 0 N–H and O–H groups in total. The summed E-state index contributed by atoms with van der Waals surface area (Å²) in [5.41, 5.74) is 0.213. The first-order valence-electron chi connectivity index (χ1n) is 4.26. The second-order valence-corrected chi connectivity index (χ2v) is 3.85. The second-order valence-electron chi connectivity index (χ2n) is 3.41. The molecule has 0 spiro atoms. The molecular weight excluding hydrogens is 198 g/mol. The number of pyridine rings is 1. The van der Waals surface area contributed by atoms with E-state index in [0.29, 0.717) is 11.6 Å². The van der Waals surface area contributed by atoms with Gasteiger partial charge in [0.05, 0.1) is 12.3 Å². The minimum Gasteiger partial charge on any atom is -0.357 e. The van der Waals surface area contributed by atoms with Gasteiger partial charge < -0.3 is 4.74 Å². The summed E-state index contributed by atoms with van der Waals surface area (Å²) >= 11 is 5.79. The van der Waals surface area contributed by atoms with Gasteiger partial charge in [-0.2, -0.15) is 0 Å². The quantitative estimate of drug-likeness (QED) is 0.715. The van der Waals surface area contributed by atoms with Gasteiger partial charge in [-0.3, -0.25) is 4.98 Å². The molecule has 3 heteroatoms. The number of aromatic nitrogens is 1. The molecule has 0 unspecified atom stereocenters. The third kappa shape index (κ3) is 3.37. The van der Waals surface area contributed by atoms with Crippen LogP contribution in [0, 0.1) is 12.3 Å². The maximum atomic E-state index is 5.79. The van der Waals surface area contributed by atoms with Crippen LogP contribution in [-0.2, 0) is 11.3 Å². The fraction of sp³-hybridized carbons (Fsp3) is 0.364. The van der Waals surface area contributed by atoms with Gasteiger partial charge in [-0.15, -0.1) is 6.42 Å². The van der Waals surface area contributed by atoms with Gasteiger partial charge in [0.15, 0.2) is 0 Å². The van der Waals surface area contributed by atoms with Gasteiger partial charge in [0, 0.05) is 11.2 Å². The first kappa shape index (κ1) is 11.0. The monoisotopic (exact) mass is 209 g/mol. The van der Waals surface area contributed by atoms with Crippen LogP contribution in [0.4, 0.5) is 0 Å². The summed E-state index contributed by atoms with van der Waals surface area (Å²) in [7, 11) is 0. The molecule has 1 aromatic rings. The molecule has 0 saturated heterocycles. The van der Waals surface area contributed by atoms with Gasteiger partial charge >= 0.3 is 0 Å². The predicted molar refractivity (Wildman–Crippen MR) is 56.9 cm³/mol. The van der Waals surface area contributed by atoms with E-state index in [1.807, 2.05) is 13.8 Å². The Morgan fingerprint density at radius 2 is 2.36 bits per heavy atom. The van der Waals surface area contributed by atoms with E-state index in [0.717, 1.165) is 5.69 Å². The van der Waals surface area contributed by atoms with Crippen LogP contribution in [0.3, 0.4) is 0 Å². The van der Waals surface area contributed by atoms with Crippen LogP contribution in [0.5, 0.6) is 0 Å². The Morgan fingerprint density at radius 3 is 2.93 bits per heavy atom. The van der Waals surface area contributed by atoms with E-state index >= 15 is 0 Å². The van der Waals surface area contributed by atoms with Crippen LogP contribution in [0.2, 0.25) is 5.02 Å². The van der Waals surface area contributed by atoms with Crippen molar-refractivity contribution in [3.8, 4) is 12.3 Å². The van der Waals surface area contributed by atoms with Crippen molar-refractivity contribution in [3.05, 3.63) is 29.0 Å². The van der Waals surface area contributed by atoms with Gasteiger partial charge in [0.2, 0.25) is 0 Å². The maximum Gasteiger partial charge on any atom is 0.123 e. The SMILES string of the molecule is C#CC(C)(C)OCc1cc(Cl)ccn1. The third-order valence-corrected chi connectivity index (χ3v) is 1.94. The minimum atomic E-state index is -0.565. The fourth-order valence-corrected chi connectivity index (χ4v) is 1.01. The van der Waals surface area contributed by atoms with Crippen LogP contribution in [0.25, 0.3) is 0 Å². The van der Waals surface area contributed by atoms with Crippen molar-refractivity contribution in [1.82, 2.24) is 4.98 Å². The lowest BCUT2D eigenvalue weighted by Crippen LogP contribution is -2.21. The molecule has 0 aliphatic heterocycles. The lowest BCUT2D eigenvalue weighted by molar-refractivity contribution is 0.0128. The van der Waals surface area contributed by atoms with E-state index in [2.05, 4.69) is 10.9 Å². The molecule has 1 aromatic heterocycles. The average Bonchev–Trinajstić information content (AvgIpc) is 2.15. The van der Waals surface area contributed by atoms with Crippen molar-refractivity contribution in [2.45, 2.75) is 26.1 Å². The Labute approximate surface area is 89.3 Å². The number of hydrogen-bond acceptors (Lipinski definition) is 2. The summed E-state index contributed by atoms with van der Waals surface area (Å²) in [6.07, 6.45) is 6.92. The smallest absolute Gasteiger partial charge is 0.123 e. The molecule has 2 nitrogen and oxygen atoms in total. The normalized spacial score (nSPS) is 11.0. The fourth-order valence-electron chi connectivity index (χ4n) is 0.824. The van der Waals surface area contributed by atoms with Gasteiger partial charge in [0.1, 0.15) is 5.60 Å². The summed E-state index contributed by atoms with van der Waals surface area (Å²) in [4.78, 5) is 4.10. The van der Waals surface area contributed by atoms with Crippen molar-refractivity contribution >= 4 is 11.6 Å². The van der Waals surface area contributed by atoms with E-state index in [1.165, 1.54) is 0 Å². The summed E-state index contributed by atoms with van der Waals surface area (Å²) in [5, 5.41) is 0.650. The van der Waals surface area contributed by atoms with Crippen LogP contribution in [-0.4, -0.2) is 10.6 Å². The second kappa shape index (κ2) is 4.45. The molecule has 0 aliphatic rings. The molecule has 0 aromatic carbocycles. The topological polar surface area (TPSA) is 22.1 Å². The summed E-state index contributed by atoms with van der Waals surface area (Å²) < 4.78 is 5.46. The molecule has 0 atom stereocenters. The van der Waals surface area contributed by atoms with Crippen LogP contribution >= 0.6 is 11.6 Å². The number of nitrogens with zero attached hydrogens (tertiary/aromatic N) is 1. The third-order valence-electron chi connectivity index (χ3n) is 1.71. The molecule has 74 valence electrons. The molecule has 0 bridgehead atoms. The lowest BCUT2D eigenvalue weighted by atomic mass is 10.1. The Bertz CT molecular complexity index is 355. The summed E-state index contributed by atoms with van der Waals surface area (Å²) in [6.45, 7) is 4.03. The van der Waals surface area contributed by atoms with Gasteiger partial charge in [-0.25, -0.2) is 0 Å². The Kier molecular flexibility index (Phi) is 3.51. The molecule has 0 saturated carbocycles. The summed E-state index contributed by atoms with van der Waals surface area (Å²) in [6, 6.07) is 3.48. The van der Waals surface area contributed by atoms with Crippen molar-refractivity contribution in [2.24, 2.45) is 0 Å². The van der Waals surface area contributed by atoms with Crippen molar-refractivity contribution in [3.63, 3.8) is 0 Å². The van der Waals surface area contributed by atoms with Crippen molar-refractivity contribution in [2.75, 3.05) is 0 Å². The molecule has 0 radical (unpaired) electrons. The first-order valence-corrected chi connectivity index (χ1v) is 4.63. The molecular formula is C11H12ClNO. The van der Waals surface area contributed by atoms with E-state index in [1.54, 1.807) is 18.3 Å². The highest BCUT2D eigenvalue weighted by molar-refractivity contribution is 6.30. The highest BCUT2D eigenvalue weighted by Crippen LogP contribution is 2.13. The zero-order valence-electron chi connectivity index (χ0n) is 8.25. The zero-order valence-corrected chi connectivity index (χ0v) is 9.01. The molecule has 0 aliphatic carbocycles. The number of rotatable bonds is 3. The zero-order chi connectivity index (χ0) is 10.6. The Morgan fingerprint density at radius 1 is 1.64 bits per heavy atom. The van der Waals surface area contributed by atoms with Crippen molar-refractivity contribution < 1.29 is 4.74 Å². The predicted octanol–water partition coefficient (Wildman–Crippen LogP) is 2.66. The standard InChI is InChI=1S/C11H12ClNO/c1-4-11(2,3)14-8-10-7-9(12)5-6-13-10/h1,5-7H,8H2,2-3H3. The van der Waals surface area contributed by atoms with E-state index in [4.69, 9.17) is 22.8 Å². The number of hydrogen-bond donors (Lipinski definition) is 0. The average molecular weight is 210 g/mol. The van der Waals surface area contributed by atoms with E-state index < -0.39 is 5.60 Å². The highest BCUT2D eigenvalue weighted by atomic mass is 35.5. The minimum absolute atomic E-state index is 0.373. The summed E-state index contributed by atoms with van der Waals surface area (Å²) in [5.74, 6) is 2.54. The van der Waals surface area contributed by atoms with Crippen molar-refractivity contribution in [1.29, 1.82) is 0 Å². The van der Waals surface area contributed by atoms with Crippen LogP contribution in [0.15, 0.2) is 18.3 Å². The van der Waals surface area contributed by atoms with Gasteiger partial charge in [-0.1, -0.05) is 17.5 Å². The van der Waals surface area contributed by atoms with Gasteiger partial charge in [-0.05, 0) is 26.0 Å². The molecule has 14 heavy (non-hydrogen) atoms. The first-order chi connectivity index (χ1) is 6.53. The number of halogens is 1. The Balaban J connectivity index is 2.59. The molecule has 1 heterocycles. The Hall–Kier alpha value is -1.04. The molecule has 0 amide bonds. The molecule has 1 rings (SSSR count). The largest absolute Gasteiger partial charge is 0.357 e.